The van der Waals surface area contributed by atoms with Crippen molar-refractivity contribution in [1.82, 2.24) is 4.98 Å². The first kappa shape index (κ1) is 17.7. The molecule has 0 atom stereocenters. The van der Waals surface area contributed by atoms with Crippen molar-refractivity contribution in [2.45, 2.75) is 12.8 Å². The van der Waals surface area contributed by atoms with Gasteiger partial charge in [0.25, 0.3) is 11.5 Å². The van der Waals surface area contributed by atoms with E-state index in [9.17, 15) is 14.4 Å². The molecule has 2 N–H and O–H groups in total. The largest absolute Gasteiger partial charge is 0.329 e. The first-order valence-electron chi connectivity index (χ1n) is 9.07. The van der Waals surface area contributed by atoms with Crippen molar-refractivity contribution in [2.24, 2.45) is 0 Å². The summed E-state index contributed by atoms with van der Waals surface area (Å²) in [5.74, 6) is -0.410. The smallest absolute Gasteiger partial charge is 0.256 e. The van der Waals surface area contributed by atoms with E-state index in [-0.39, 0.29) is 17.4 Å². The van der Waals surface area contributed by atoms with Crippen LogP contribution < -0.4 is 15.8 Å². The van der Waals surface area contributed by atoms with Gasteiger partial charge < -0.3 is 15.2 Å². The minimum absolute atomic E-state index is 0.167. The van der Waals surface area contributed by atoms with Gasteiger partial charge in [0.2, 0.25) is 5.91 Å². The lowest BCUT2D eigenvalue weighted by Crippen LogP contribution is -2.35. The van der Waals surface area contributed by atoms with Gasteiger partial charge in [0.05, 0.1) is 0 Å². The maximum absolute atomic E-state index is 12.9. The zero-order valence-electron chi connectivity index (χ0n) is 15.2. The van der Waals surface area contributed by atoms with Crippen molar-refractivity contribution >= 4 is 34.0 Å². The van der Waals surface area contributed by atoms with Crippen molar-refractivity contribution in [3.63, 3.8) is 0 Å². The number of nitrogens with zero attached hydrogens (tertiary/aromatic N) is 1. The normalized spacial score (nSPS) is 13.1. The van der Waals surface area contributed by atoms with Gasteiger partial charge in [0.1, 0.15) is 0 Å². The third-order valence-electron chi connectivity index (χ3n) is 4.97. The molecule has 0 aliphatic carbocycles. The number of fused-ring (bicyclic) bond motifs is 2. The molecule has 0 bridgehead atoms. The van der Waals surface area contributed by atoms with Crippen molar-refractivity contribution in [1.29, 1.82) is 0 Å². The molecule has 0 saturated heterocycles. The number of nitrogens with one attached hydrogen (secondary N) is 2. The average Bonchev–Trinajstić information content (AvgIpc) is 2.72. The Morgan fingerprint density at radius 1 is 1.18 bits per heavy atom. The molecule has 0 spiro atoms. The second-order valence-corrected chi connectivity index (χ2v) is 6.66. The molecule has 1 aromatic heterocycles. The van der Waals surface area contributed by atoms with Crippen LogP contribution in [0.5, 0.6) is 0 Å². The fraction of sp³-hybridized carbons (Fsp3) is 0.136. The topological polar surface area (TPSA) is 82.3 Å². The highest BCUT2D eigenvalue weighted by Crippen LogP contribution is 2.30. The van der Waals surface area contributed by atoms with Crippen LogP contribution in [-0.2, 0) is 11.2 Å². The quantitative estimate of drug-likeness (QED) is 0.692. The minimum Gasteiger partial charge on any atom is -0.329 e. The molecule has 2 amide bonds. The van der Waals surface area contributed by atoms with Crippen LogP contribution in [0.25, 0.3) is 10.8 Å². The summed E-state index contributed by atoms with van der Waals surface area (Å²) in [4.78, 5) is 41.2. The third-order valence-corrected chi connectivity index (χ3v) is 4.97. The van der Waals surface area contributed by atoms with E-state index in [0.29, 0.717) is 23.2 Å². The SMILES string of the molecule is C=CC(=O)N1CCCc2c(C(=O)Nc3ccc4c(=O)[nH]ccc4c3)cccc21. The standard InChI is InChI=1S/C22H19N3O3/c1-2-20(26)25-12-4-6-17-18(5-3-7-19(17)25)22(28)24-15-8-9-16-14(13-15)10-11-23-21(16)27/h2-3,5,7-11,13H,1,4,6,12H2,(H,23,27)(H,24,28). The molecule has 0 unspecified atom stereocenters. The summed E-state index contributed by atoms with van der Waals surface area (Å²) in [6, 6.07) is 12.4. The third kappa shape index (κ3) is 3.09. The summed E-state index contributed by atoms with van der Waals surface area (Å²) in [5.41, 5.74) is 2.60. The molecule has 0 fully saturated rings. The number of hydrogen-bond acceptors (Lipinski definition) is 3. The Balaban J connectivity index is 1.67. The van der Waals surface area contributed by atoms with Gasteiger partial charge in [-0.25, -0.2) is 0 Å². The molecule has 28 heavy (non-hydrogen) atoms. The number of H-pyrrole nitrogens is 1. The van der Waals surface area contributed by atoms with Gasteiger partial charge in [0, 0.05) is 35.1 Å². The predicted molar refractivity (Wildman–Crippen MR) is 110 cm³/mol. The molecule has 140 valence electrons. The monoisotopic (exact) mass is 373 g/mol. The van der Waals surface area contributed by atoms with Gasteiger partial charge in [-0.2, -0.15) is 0 Å². The summed E-state index contributed by atoms with van der Waals surface area (Å²) in [7, 11) is 0. The van der Waals surface area contributed by atoms with Crippen LogP contribution in [0.2, 0.25) is 0 Å². The zero-order valence-corrected chi connectivity index (χ0v) is 15.2. The van der Waals surface area contributed by atoms with Crippen molar-refractivity contribution < 1.29 is 9.59 Å². The van der Waals surface area contributed by atoms with Crippen LogP contribution in [0.1, 0.15) is 22.3 Å². The van der Waals surface area contributed by atoms with E-state index in [1.54, 1.807) is 47.5 Å². The number of anilines is 2. The molecular formula is C22H19N3O3. The summed E-state index contributed by atoms with van der Waals surface area (Å²) in [5, 5.41) is 4.22. The van der Waals surface area contributed by atoms with Gasteiger partial charge >= 0.3 is 0 Å². The predicted octanol–water partition coefficient (Wildman–Crippen LogP) is 3.25. The molecule has 2 heterocycles. The molecule has 2 aromatic carbocycles. The molecule has 4 rings (SSSR count). The Morgan fingerprint density at radius 2 is 2.04 bits per heavy atom. The minimum atomic E-state index is -0.242. The average molecular weight is 373 g/mol. The number of amides is 2. The lowest BCUT2D eigenvalue weighted by molar-refractivity contribution is -0.114. The Hall–Kier alpha value is -3.67. The Labute approximate surface area is 161 Å². The van der Waals surface area contributed by atoms with E-state index in [1.807, 2.05) is 6.07 Å². The fourth-order valence-corrected chi connectivity index (χ4v) is 3.64. The van der Waals surface area contributed by atoms with Crippen molar-refractivity contribution in [2.75, 3.05) is 16.8 Å². The van der Waals surface area contributed by atoms with E-state index in [4.69, 9.17) is 0 Å². The summed E-state index contributed by atoms with van der Waals surface area (Å²) in [6.07, 6.45) is 4.39. The van der Waals surface area contributed by atoms with E-state index in [0.717, 1.165) is 29.5 Å². The zero-order chi connectivity index (χ0) is 19.7. The Morgan fingerprint density at radius 3 is 2.86 bits per heavy atom. The molecule has 0 radical (unpaired) electrons. The van der Waals surface area contributed by atoms with E-state index >= 15 is 0 Å². The van der Waals surface area contributed by atoms with Crippen molar-refractivity contribution in [3.8, 4) is 0 Å². The number of pyridine rings is 1. The van der Waals surface area contributed by atoms with Crippen LogP contribution in [0.4, 0.5) is 11.4 Å². The van der Waals surface area contributed by atoms with E-state index in [1.165, 1.54) is 6.08 Å². The van der Waals surface area contributed by atoms with Gasteiger partial charge in [-0.15, -0.1) is 0 Å². The van der Waals surface area contributed by atoms with Gasteiger partial charge in [-0.05, 0) is 66.3 Å². The highest BCUT2D eigenvalue weighted by atomic mass is 16.2. The lowest BCUT2D eigenvalue weighted by atomic mass is 9.95. The highest BCUT2D eigenvalue weighted by molar-refractivity contribution is 6.09. The number of hydrogen-bond donors (Lipinski definition) is 2. The second kappa shape index (κ2) is 7.15. The number of carbonyl (C=O) groups excluding carboxylic acids is 2. The first-order valence-corrected chi connectivity index (χ1v) is 9.07. The van der Waals surface area contributed by atoms with Crippen molar-refractivity contribution in [3.05, 3.63) is 82.8 Å². The number of aromatic amines is 1. The maximum Gasteiger partial charge on any atom is 0.256 e. The number of aromatic nitrogens is 1. The first-order chi connectivity index (χ1) is 13.6. The summed E-state index contributed by atoms with van der Waals surface area (Å²) < 4.78 is 0. The molecule has 6 heteroatoms. The van der Waals surface area contributed by atoms with Gasteiger partial charge in [0.15, 0.2) is 0 Å². The van der Waals surface area contributed by atoms with Gasteiger partial charge in [-0.1, -0.05) is 12.6 Å². The Kier molecular flexibility index (Phi) is 4.53. The van der Waals surface area contributed by atoms with Crippen LogP contribution in [-0.4, -0.2) is 23.3 Å². The van der Waals surface area contributed by atoms with E-state index in [2.05, 4.69) is 16.9 Å². The second-order valence-electron chi connectivity index (χ2n) is 6.66. The summed E-state index contributed by atoms with van der Waals surface area (Å²) in [6.45, 7) is 4.17. The molecular weight excluding hydrogens is 354 g/mol. The molecule has 1 aliphatic rings. The van der Waals surface area contributed by atoms with Gasteiger partial charge in [-0.3, -0.25) is 14.4 Å². The highest BCUT2D eigenvalue weighted by Gasteiger charge is 2.24. The summed E-state index contributed by atoms with van der Waals surface area (Å²) >= 11 is 0. The number of rotatable bonds is 3. The van der Waals surface area contributed by atoms with Crippen LogP contribution in [0.3, 0.4) is 0 Å². The van der Waals surface area contributed by atoms with Crippen LogP contribution >= 0.6 is 0 Å². The maximum atomic E-state index is 12.9. The lowest BCUT2D eigenvalue weighted by Gasteiger charge is -2.29. The van der Waals surface area contributed by atoms with Crippen LogP contribution in [0, 0.1) is 0 Å². The number of carbonyl (C=O) groups is 2. The molecule has 0 saturated carbocycles. The number of benzene rings is 2. The Bertz CT molecular complexity index is 1160. The fourth-order valence-electron chi connectivity index (χ4n) is 3.64. The molecule has 6 nitrogen and oxygen atoms in total. The molecule has 1 aliphatic heterocycles. The molecule has 3 aromatic rings. The van der Waals surface area contributed by atoms with Crippen LogP contribution in [0.15, 0.2) is 66.1 Å². The van der Waals surface area contributed by atoms with E-state index < -0.39 is 0 Å².